The zero-order chi connectivity index (χ0) is 30.8. The highest BCUT2D eigenvalue weighted by Crippen LogP contribution is 2.48. The van der Waals surface area contributed by atoms with Crippen LogP contribution in [0.15, 0.2) is 95.8 Å². The Morgan fingerprint density at radius 1 is 0.837 bits per heavy atom. The quantitative estimate of drug-likeness (QED) is 0.198. The van der Waals surface area contributed by atoms with Gasteiger partial charge in [-0.3, -0.25) is 9.78 Å². The van der Waals surface area contributed by atoms with E-state index in [4.69, 9.17) is 4.52 Å². The number of hydrogen-bond acceptors (Lipinski definition) is 5. The maximum absolute atomic E-state index is 12.9. The first kappa shape index (κ1) is 29.6. The highest BCUT2D eigenvalue weighted by molar-refractivity contribution is 5.85. The lowest BCUT2D eigenvalue weighted by molar-refractivity contribution is -0.140. The van der Waals surface area contributed by atoms with Gasteiger partial charge in [0.2, 0.25) is 0 Å². The Morgan fingerprint density at radius 2 is 1.37 bits per heavy atom. The predicted octanol–water partition coefficient (Wildman–Crippen LogP) is 9.28. The lowest BCUT2D eigenvalue weighted by Gasteiger charge is -2.11. The van der Waals surface area contributed by atoms with Crippen LogP contribution in [0.3, 0.4) is 0 Å². The highest BCUT2D eigenvalue weighted by Gasteiger charge is 2.51. The minimum absolute atomic E-state index is 0.529. The van der Waals surface area contributed by atoms with Gasteiger partial charge in [-0.2, -0.15) is 13.2 Å². The molecular weight excluding hydrogens is 555 g/mol. The van der Waals surface area contributed by atoms with Crippen molar-refractivity contribution in [1.29, 1.82) is 0 Å². The molecule has 0 saturated heterocycles. The number of carboxylic acid groups (broad SMARTS) is 1. The monoisotopic (exact) mass is 585 g/mol. The second-order valence-electron chi connectivity index (χ2n) is 10.2. The number of alkyl halides is 3. The molecule has 3 aromatic carbocycles. The number of aliphatic carboxylic acids is 1. The molecule has 1 fully saturated rings. The highest BCUT2D eigenvalue weighted by atomic mass is 19.4. The van der Waals surface area contributed by atoms with E-state index >= 15 is 0 Å². The molecule has 0 radical (unpaired) electrons. The van der Waals surface area contributed by atoms with Crippen LogP contribution in [-0.4, -0.2) is 21.2 Å². The van der Waals surface area contributed by atoms with E-state index in [1.165, 1.54) is 12.1 Å². The first-order valence-corrected chi connectivity index (χ1v) is 13.9. The molecular formula is C34H30F3N3O3. The van der Waals surface area contributed by atoms with Gasteiger partial charge in [0.05, 0.1) is 22.9 Å². The molecule has 0 atom stereocenters. The summed E-state index contributed by atoms with van der Waals surface area (Å²) in [6.45, 7) is 5.81. The predicted molar refractivity (Wildman–Crippen MR) is 160 cm³/mol. The van der Waals surface area contributed by atoms with E-state index in [1.807, 2.05) is 69.3 Å². The molecule has 1 aliphatic rings. The zero-order valence-corrected chi connectivity index (χ0v) is 23.9. The molecule has 1 aliphatic carbocycles. The third kappa shape index (κ3) is 6.02. The van der Waals surface area contributed by atoms with Gasteiger partial charge in [0.1, 0.15) is 11.4 Å². The Balaban J connectivity index is 0.00000180. The molecule has 0 amide bonds. The second kappa shape index (κ2) is 11.8. The lowest BCUT2D eigenvalue weighted by Crippen LogP contribution is -2.19. The van der Waals surface area contributed by atoms with Crippen LogP contribution < -0.4 is 5.32 Å². The van der Waals surface area contributed by atoms with E-state index in [0.717, 1.165) is 34.4 Å². The number of nitrogens with zero attached hydrogens (tertiary/aromatic N) is 2. The summed E-state index contributed by atoms with van der Waals surface area (Å²) < 4.78 is 44.5. The van der Waals surface area contributed by atoms with E-state index in [0.29, 0.717) is 46.8 Å². The van der Waals surface area contributed by atoms with Crippen LogP contribution >= 0.6 is 0 Å². The molecule has 0 bridgehead atoms. The number of aryl methyl sites for hydroxylation is 1. The van der Waals surface area contributed by atoms with E-state index in [1.54, 1.807) is 18.5 Å². The number of pyridine rings is 1. The molecule has 9 heteroatoms. The third-order valence-corrected chi connectivity index (χ3v) is 7.49. The van der Waals surface area contributed by atoms with Crippen LogP contribution in [0.5, 0.6) is 0 Å². The normalized spacial score (nSPS) is 13.5. The van der Waals surface area contributed by atoms with Crippen LogP contribution in [0.4, 0.5) is 24.5 Å². The van der Waals surface area contributed by atoms with Crippen molar-refractivity contribution < 1.29 is 27.6 Å². The third-order valence-electron chi connectivity index (χ3n) is 7.49. The van der Waals surface area contributed by atoms with Gasteiger partial charge in [-0.05, 0) is 60.2 Å². The van der Waals surface area contributed by atoms with Crippen molar-refractivity contribution in [2.45, 2.75) is 45.2 Å². The molecule has 0 unspecified atom stereocenters. The zero-order valence-electron chi connectivity index (χ0n) is 23.9. The largest absolute Gasteiger partial charge is 0.481 e. The first-order chi connectivity index (χ1) is 20.6. The van der Waals surface area contributed by atoms with Gasteiger partial charge in [0.15, 0.2) is 5.76 Å². The molecule has 0 spiro atoms. The number of halogens is 3. The Morgan fingerprint density at radius 3 is 1.93 bits per heavy atom. The van der Waals surface area contributed by atoms with Crippen molar-refractivity contribution in [1.82, 2.24) is 10.1 Å². The van der Waals surface area contributed by atoms with Crippen LogP contribution in [0.25, 0.3) is 33.6 Å². The molecule has 43 heavy (non-hydrogen) atoms. The molecule has 220 valence electrons. The fraction of sp³-hybridized carbons (Fsp3) is 0.206. The number of anilines is 2. The summed E-state index contributed by atoms with van der Waals surface area (Å²) in [4.78, 5) is 15.9. The number of nitrogens with one attached hydrogen (secondary N) is 1. The Kier molecular flexibility index (Phi) is 8.08. The van der Waals surface area contributed by atoms with Gasteiger partial charge in [-0.1, -0.05) is 79.7 Å². The average Bonchev–Trinajstić information content (AvgIpc) is 3.77. The summed E-state index contributed by atoms with van der Waals surface area (Å²) in [6.07, 6.45) is 0.142. The van der Waals surface area contributed by atoms with Gasteiger partial charge < -0.3 is 14.9 Å². The molecule has 2 heterocycles. The molecule has 6 rings (SSSR count). The fourth-order valence-electron chi connectivity index (χ4n) is 4.92. The molecule has 0 aliphatic heterocycles. The van der Waals surface area contributed by atoms with Crippen molar-refractivity contribution >= 4 is 17.3 Å². The maximum atomic E-state index is 12.9. The SMILES string of the molecule is CC.Cc1noc(-c2ccc(-c3ccc(C4(C(=O)O)CC4)cc3)cc2)c1Nc1cncc(-c2ccc(C(F)(F)F)cc2)c1. The number of benzene rings is 3. The van der Waals surface area contributed by atoms with Crippen LogP contribution in [0, 0.1) is 6.92 Å². The van der Waals surface area contributed by atoms with Gasteiger partial charge in [-0.25, -0.2) is 0 Å². The number of aromatic nitrogens is 2. The van der Waals surface area contributed by atoms with E-state index in [2.05, 4.69) is 15.5 Å². The summed E-state index contributed by atoms with van der Waals surface area (Å²) in [6, 6.07) is 22.2. The van der Waals surface area contributed by atoms with Crippen molar-refractivity contribution in [3.8, 4) is 33.6 Å². The molecule has 2 N–H and O–H groups in total. The van der Waals surface area contributed by atoms with Crippen LogP contribution in [-0.2, 0) is 16.4 Å². The van der Waals surface area contributed by atoms with E-state index < -0.39 is 23.1 Å². The second-order valence-corrected chi connectivity index (χ2v) is 10.2. The van der Waals surface area contributed by atoms with Gasteiger partial charge in [-0.15, -0.1) is 0 Å². The van der Waals surface area contributed by atoms with E-state index in [-0.39, 0.29) is 0 Å². The average molecular weight is 586 g/mol. The van der Waals surface area contributed by atoms with Crippen LogP contribution in [0.1, 0.15) is 43.5 Å². The summed E-state index contributed by atoms with van der Waals surface area (Å²) in [5, 5.41) is 17.0. The summed E-state index contributed by atoms with van der Waals surface area (Å²) in [5.74, 6) is -0.245. The molecule has 1 saturated carbocycles. The minimum Gasteiger partial charge on any atom is -0.481 e. The van der Waals surface area contributed by atoms with Gasteiger partial charge >= 0.3 is 12.1 Å². The fourth-order valence-corrected chi connectivity index (χ4v) is 4.92. The molecule has 2 aromatic heterocycles. The Hall–Kier alpha value is -4.92. The van der Waals surface area contributed by atoms with E-state index in [9.17, 15) is 23.1 Å². The number of carboxylic acids is 1. The standard InChI is InChI=1S/C32H24F3N3O3.C2H6/c1-19-28(37-27-16-24(17-36-18-27)22-8-12-26(13-9-22)32(33,34)35)29(41-38-19)23-4-2-20(3-5-23)21-6-10-25(11-7-21)31(14-15-31)30(39)40;1-2/h2-13,16-18,37H,14-15H2,1H3,(H,39,40);1-2H3. The van der Waals surface area contributed by atoms with Crippen molar-refractivity contribution in [3.05, 3.63) is 108 Å². The summed E-state index contributed by atoms with van der Waals surface area (Å²) >= 11 is 0. The molecule has 5 aromatic rings. The van der Waals surface area contributed by atoms with Crippen molar-refractivity contribution in [2.24, 2.45) is 0 Å². The van der Waals surface area contributed by atoms with Gasteiger partial charge in [0, 0.05) is 17.3 Å². The minimum atomic E-state index is -4.40. The lowest BCUT2D eigenvalue weighted by atomic mass is 9.93. The van der Waals surface area contributed by atoms with Crippen molar-refractivity contribution in [3.63, 3.8) is 0 Å². The number of carbonyl (C=O) groups is 1. The Labute approximate surface area is 247 Å². The molecule has 6 nitrogen and oxygen atoms in total. The summed E-state index contributed by atoms with van der Waals surface area (Å²) in [5.41, 5.74) is 5.30. The van der Waals surface area contributed by atoms with Crippen LogP contribution in [0.2, 0.25) is 0 Å². The number of rotatable bonds is 7. The Bertz CT molecular complexity index is 1720. The first-order valence-electron chi connectivity index (χ1n) is 13.9. The van der Waals surface area contributed by atoms with Crippen molar-refractivity contribution in [2.75, 3.05) is 5.32 Å². The number of hydrogen-bond donors (Lipinski definition) is 2. The smallest absolute Gasteiger partial charge is 0.416 e. The summed E-state index contributed by atoms with van der Waals surface area (Å²) in [7, 11) is 0. The van der Waals surface area contributed by atoms with Gasteiger partial charge in [0.25, 0.3) is 0 Å². The topological polar surface area (TPSA) is 88.2 Å². The maximum Gasteiger partial charge on any atom is 0.416 e.